The average molecular weight is 568 g/mol. The molecule has 0 unspecified atom stereocenters. The average Bonchev–Trinajstić information content (AvgIpc) is 3.46. The second kappa shape index (κ2) is 15.5. The normalized spacial score (nSPS) is 11.2. The maximum Gasteiger partial charge on any atom is 0.414 e. The quantitative estimate of drug-likeness (QED) is 0.0781. The molecular weight excluding hydrogens is 534 g/mol. The van der Waals surface area contributed by atoms with E-state index in [-0.39, 0.29) is 31.3 Å². The van der Waals surface area contributed by atoms with Crippen LogP contribution in [0.4, 0.5) is 4.79 Å². The molecule has 3 aromatic carbocycles. The summed E-state index contributed by atoms with van der Waals surface area (Å²) in [5.41, 5.74) is 3.35. The van der Waals surface area contributed by atoms with E-state index in [1.54, 1.807) is 0 Å². The van der Waals surface area contributed by atoms with Crippen molar-refractivity contribution in [2.45, 2.75) is 38.3 Å². The second-order valence-corrected chi connectivity index (χ2v) is 9.46. The highest BCUT2D eigenvalue weighted by molar-refractivity contribution is 5.92. The fourth-order valence-corrected chi connectivity index (χ4v) is 4.16. The Morgan fingerprint density at radius 1 is 0.929 bits per heavy atom. The van der Waals surface area contributed by atoms with E-state index in [0.29, 0.717) is 43.0 Å². The fourth-order valence-electron chi connectivity index (χ4n) is 4.16. The smallest absolute Gasteiger partial charge is 0.414 e. The number of nitrogens with one attached hydrogen (secondary N) is 4. The summed E-state index contributed by atoms with van der Waals surface area (Å²) in [5, 5.41) is 15.6. The summed E-state index contributed by atoms with van der Waals surface area (Å²) in [6.07, 6.45) is 1.16. The Labute approximate surface area is 244 Å². The van der Waals surface area contributed by atoms with Gasteiger partial charge in [0.15, 0.2) is 17.6 Å². The van der Waals surface area contributed by atoms with E-state index in [1.807, 2.05) is 91.0 Å². The van der Waals surface area contributed by atoms with E-state index in [1.165, 1.54) is 0 Å². The van der Waals surface area contributed by atoms with Crippen LogP contribution in [0.25, 0.3) is 22.6 Å². The van der Waals surface area contributed by atoms with Crippen molar-refractivity contribution in [3.8, 4) is 22.6 Å². The van der Waals surface area contributed by atoms with Gasteiger partial charge in [0.25, 0.3) is 0 Å². The molecule has 0 radical (unpaired) electrons. The van der Waals surface area contributed by atoms with E-state index in [9.17, 15) is 14.4 Å². The molecule has 4 N–H and O–H groups in total. The minimum Gasteiger partial charge on any atom is -0.444 e. The van der Waals surface area contributed by atoms with Crippen LogP contribution in [0.2, 0.25) is 0 Å². The highest BCUT2D eigenvalue weighted by Gasteiger charge is 2.18. The molecule has 0 aliphatic carbocycles. The number of carbonyl (C=O) groups is 3. The Kier molecular flexibility index (Phi) is 11.0. The van der Waals surface area contributed by atoms with Crippen molar-refractivity contribution in [3.63, 3.8) is 0 Å². The number of carbonyl (C=O) groups excluding carboxylic acids is 3. The third-order valence-corrected chi connectivity index (χ3v) is 6.26. The number of aromatic nitrogens is 1. The first-order chi connectivity index (χ1) is 20.5. The Morgan fingerprint density at radius 2 is 1.57 bits per heavy atom. The SMILES string of the molecule is N=C(NCCC[C@@H](C=O)NC(=O)CCc1nc(-c2ccccc2)c(-c2ccccc2)o1)NC(=O)OCc1ccccc1. The Balaban J connectivity index is 1.19. The van der Waals surface area contributed by atoms with Crippen LogP contribution in [0.15, 0.2) is 95.4 Å². The number of nitrogens with zero attached hydrogens (tertiary/aromatic N) is 1. The fraction of sp³-hybridized carbons (Fsp3) is 0.219. The van der Waals surface area contributed by atoms with Crippen molar-refractivity contribution in [2.75, 3.05) is 6.54 Å². The first-order valence-electron chi connectivity index (χ1n) is 13.7. The van der Waals surface area contributed by atoms with E-state index < -0.39 is 12.1 Å². The van der Waals surface area contributed by atoms with Gasteiger partial charge >= 0.3 is 6.09 Å². The highest BCUT2D eigenvalue weighted by atomic mass is 16.5. The molecule has 0 spiro atoms. The monoisotopic (exact) mass is 567 g/mol. The molecule has 4 aromatic rings. The summed E-state index contributed by atoms with van der Waals surface area (Å²) in [7, 11) is 0. The molecule has 1 atom stereocenters. The van der Waals surface area contributed by atoms with Gasteiger partial charge < -0.3 is 24.6 Å². The van der Waals surface area contributed by atoms with Crippen LogP contribution in [-0.2, 0) is 27.4 Å². The van der Waals surface area contributed by atoms with Crippen molar-refractivity contribution in [3.05, 3.63) is 102 Å². The summed E-state index contributed by atoms with van der Waals surface area (Å²) in [5.74, 6) is 0.565. The Morgan fingerprint density at radius 3 is 2.24 bits per heavy atom. The number of alkyl carbamates (subject to hydrolysis) is 1. The number of hydrogen-bond donors (Lipinski definition) is 4. The minimum atomic E-state index is -0.743. The predicted octanol–water partition coefficient (Wildman–Crippen LogP) is 4.86. The number of rotatable bonds is 13. The van der Waals surface area contributed by atoms with Gasteiger partial charge in [0.05, 0.1) is 6.04 Å². The number of aldehydes is 1. The van der Waals surface area contributed by atoms with Crippen LogP contribution in [0.3, 0.4) is 0 Å². The number of hydrogen-bond acceptors (Lipinski definition) is 7. The molecule has 1 heterocycles. The maximum absolute atomic E-state index is 12.6. The Hall–Kier alpha value is -5.25. The lowest BCUT2D eigenvalue weighted by molar-refractivity contribution is -0.124. The molecular formula is C32H33N5O5. The zero-order chi connectivity index (χ0) is 29.6. The van der Waals surface area contributed by atoms with Crippen molar-refractivity contribution in [1.82, 2.24) is 20.9 Å². The van der Waals surface area contributed by atoms with E-state index in [4.69, 9.17) is 14.6 Å². The van der Waals surface area contributed by atoms with Crippen molar-refractivity contribution < 1.29 is 23.5 Å². The molecule has 0 saturated heterocycles. The van der Waals surface area contributed by atoms with Gasteiger partial charge in [-0.3, -0.25) is 15.5 Å². The summed E-state index contributed by atoms with van der Waals surface area (Å²) in [4.78, 5) is 40.7. The number of ether oxygens (including phenoxy) is 1. The lowest BCUT2D eigenvalue weighted by atomic mass is 10.1. The molecule has 0 fully saturated rings. The van der Waals surface area contributed by atoms with Gasteiger partial charge in [-0.15, -0.1) is 0 Å². The predicted molar refractivity (Wildman–Crippen MR) is 158 cm³/mol. The van der Waals surface area contributed by atoms with Gasteiger partial charge in [0.2, 0.25) is 5.91 Å². The summed E-state index contributed by atoms with van der Waals surface area (Å²) >= 11 is 0. The van der Waals surface area contributed by atoms with Gasteiger partial charge in [-0.2, -0.15) is 0 Å². The molecule has 0 saturated carbocycles. The molecule has 10 nitrogen and oxygen atoms in total. The van der Waals surface area contributed by atoms with Gasteiger partial charge in [-0.05, 0) is 18.4 Å². The summed E-state index contributed by atoms with van der Waals surface area (Å²) in [6.45, 7) is 0.415. The lowest BCUT2D eigenvalue weighted by Gasteiger charge is -2.13. The second-order valence-electron chi connectivity index (χ2n) is 9.46. The standard InChI is InChI=1S/C32H33N5O5/c33-31(37-32(40)41-22-23-11-4-1-5-12-23)34-20-10-17-26(21-38)35-27(39)18-19-28-36-29(24-13-6-2-7-14-24)30(42-28)25-15-8-3-9-16-25/h1-9,11-16,21,26H,10,17-20,22H2,(H,35,39)(H3,33,34,37,40)/t26-/m0/s1. The van der Waals surface area contributed by atoms with Crippen LogP contribution < -0.4 is 16.0 Å². The lowest BCUT2D eigenvalue weighted by Crippen LogP contribution is -2.41. The third-order valence-electron chi connectivity index (χ3n) is 6.26. The molecule has 0 aliphatic heterocycles. The zero-order valence-electron chi connectivity index (χ0n) is 23.0. The van der Waals surface area contributed by atoms with Crippen molar-refractivity contribution in [2.24, 2.45) is 0 Å². The first kappa shape index (κ1) is 29.7. The first-order valence-corrected chi connectivity index (χ1v) is 13.7. The molecule has 10 heteroatoms. The third kappa shape index (κ3) is 9.16. The molecule has 2 amide bonds. The largest absolute Gasteiger partial charge is 0.444 e. The van der Waals surface area contributed by atoms with Gasteiger partial charge in [0.1, 0.15) is 18.6 Å². The molecule has 0 bridgehead atoms. The number of guanidine groups is 1. The molecule has 216 valence electrons. The number of benzene rings is 3. The van der Waals surface area contributed by atoms with Crippen molar-refractivity contribution >= 4 is 24.2 Å². The van der Waals surface area contributed by atoms with Crippen LogP contribution in [0, 0.1) is 5.41 Å². The van der Waals surface area contributed by atoms with E-state index in [2.05, 4.69) is 20.9 Å². The van der Waals surface area contributed by atoms with Crippen molar-refractivity contribution in [1.29, 1.82) is 5.41 Å². The number of aryl methyl sites for hydroxylation is 1. The zero-order valence-corrected chi connectivity index (χ0v) is 23.0. The molecule has 4 rings (SSSR count). The minimum absolute atomic E-state index is 0.0963. The Bertz CT molecular complexity index is 1400. The topological polar surface area (TPSA) is 146 Å². The highest BCUT2D eigenvalue weighted by Crippen LogP contribution is 2.32. The van der Waals surface area contributed by atoms with Gasteiger partial charge in [0, 0.05) is 30.5 Å². The van der Waals surface area contributed by atoms with Crippen LogP contribution >= 0.6 is 0 Å². The molecule has 42 heavy (non-hydrogen) atoms. The molecule has 0 aliphatic rings. The summed E-state index contributed by atoms with van der Waals surface area (Å²) in [6, 6.07) is 27.9. The van der Waals surface area contributed by atoms with E-state index in [0.717, 1.165) is 16.7 Å². The van der Waals surface area contributed by atoms with Gasteiger partial charge in [-0.1, -0.05) is 91.0 Å². The van der Waals surface area contributed by atoms with Crippen LogP contribution in [0.1, 0.15) is 30.7 Å². The summed E-state index contributed by atoms with van der Waals surface area (Å²) < 4.78 is 11.2. The van der Waals surface area contributed by atoms with Gasteiger partial charge in [-0.25, -0.2) is 9.78 Å². The van der Waals surface area contributed by atoms with Crippen LogP contribution in [-0.4, -0.2) is 41.8 Å². The number of amides is 2. The number of oxazole rings is 1. The molecule has 1 aromatic heterocycles. The maximum atomic E-state index is 12.6. The van der Waals surface area contributed by atoms with E-state index >= 15 is 0 Å². The van der Waals surface area contributed by atoms with Crippen LogP contribution in [0.5, 0.6) is 0 Å².